The maximum atomic E-state index is 13.4. The Morgan fingerprint density at radius 1 is 1.26 bits per heavy atom. The van der Waals surface area contributed by atoms with Gasteiger partial charge >= 0.3 is 6.01 Å². The summed E-state index contributed by atoms with van der Waals surface area (Å²) in [5.41, 5.74) is 9.66. The summed E-state index contributed by atoms with van der Waals surface area (Å²) in [6.45, 7) is 5.73. The maximum Gasteiger partial charge on any atom is 0.320 e. The first-order valence-electron chi connectivity index (χ1n) is 12.0. The molecule has 0 spiro atoms. The molecule has 10 nitrogen and oxygen atoms in total. The third-order valence-corrected chi connectivity index (χ3v) is 6.67. The number of anilines is 3. The minimum absolute atomic E-state index is 0.0559. The largest absolute Gasteiger partial charge is 0.463 e. The van der Waals surface area contributed by atoms with Gasteiger partial charge in [0.2, 0.25) is 5.91 Å². The number of amides is 2. The second kappa shape index (κ2) is 9.46. The molecule has 0 radical (unpaired) electrons. The number of carbonyl (C=O) groups is 2. The molecule has 1 aromatic carbocycles. The fraction of sp³-hybridized carbons (Fsp3) is 0.500. The Labute approximate surface area is 198 Å². The van der Waals surface area contributed by atoms with Crippen molar-refractivity contribution in [2.75, 3.05) is 48.7 Å². The van der Waals surface area contributed by atoms with Crippen LogP contribution in [0, 0.1) is 0 Å². The number of nitrogen functional groups attached to an aromatic ring is 1. The van der Waals surface area contributed by atoms with E-state index in [2.05, 4.69) is 33.6 Å². The Morgan fingerprint density at radius 3 is 3.00 bits per heavy atom. The quantitative estimate of drug-likeness (QED) is 0.568. The van der Waals surface area contributed by atoms with E-state index in [9.17, 15) is 9.59 Å². The van der Waals surface area contributed by atoms with Crippen LogP contribution in [0.25, 0.3) is 0 Å². The number of benzene rings is 1. The molecule has 4 N–H and O–H groups in total. The highest BCUT2D eigenvalue weighted by atomic mass is 16.5. The topological polar surface area (TPSA) is 126 Å². The van der Waals surface area contributed by atoms with Crippen LogP contribution in [-0.4, -0.2) is 65.5 Å². The Morgan fingerprint density at radius 2 is 2.15 bits per heavy atom. The van der Waals surface area contributed by atoms with Crippen LogP contribution in [0.2, 0.25) is 0 Å². The molecule has 2 amide bonds. The molecule has 0 saturated carbocycles. The van der Waals surface area contributed by atoms with Gasteiger partial charge in [-0.2, -0.15) is 9.97 Å². The lowest BCUT2D eigenvalue weighted by atomic mass is 9.98. The number of unbranched alkanes of at least 4 members (excludes halogenated alkanes) is 1. The van der Waals surface area contributed by atoms with Gasteiger partial charge in [-0.05, 0) is 49.1 Å². The molecule has 0 aliphatic carbocycles. The van der Waals surface area contributed by atoms with E-state index in [0.717, 1.165) is 32.4 Å². The first kappa shape index (κ1) is 22.4. The number of hydrogen-bond acceptors (Lipinski definition) is 8. The standard InChI is InChI=1S/C24H31N7O3/c1-2-3-11-34-24-28-20(25)19-21(29-24)31-10-4-9-30(14-18(31)22(32)27-19)23(33)16-6-5-15-7-8-26-13-17(15)12-16/h5-6,12,18,26H,2-4,7-11,13-14H2,1H3,(H,27,32)(H2,25,28,29). The lowest BCUT2D eigenvalue weighted by Gasteiger charge is -2.36. The Bertz CT molecular complexity index is 1110. The van der Waals surface area contributed by atoms with Gasteiger partial charge in [-0.25, -0.2) is 0 Å². The van der Waals surface area contributed by atoms with Crippen molar-refractivity contribution >= 4 is 29.1 Å². The molecule has 1 fully saturated rings. The number of carbonyl (C=O) groups excluding carboxylic acids is 2. The van der Waals surface area contributed by atoms with E-state index >= 15 is 0 Å². The van der Waals surface area contributed by atoms with Gasteiger partial charge in [0, 0.05) is 25.2 Å². The fourth-order valence-corrected chi connectivity index (χ4v) is 4.80. The van der Waals surface area contributed by atoms with Gasteiger partial charge in [-0.3, -0.25) is 9.59 Å². The number of fused-ring (bicyclic) bond motifs is 4. The van der Waals surface area contributed by atoms with Crippen molar-refractivity contribution in [3.8, 4) is 6.01 Å². The summed E-state index contributed by atoms with van der Waals surface area (Å²) < 4.78 is 5.68. The SMILES string of the molecule is CCCCOc1nc(N)c2c(n1)N1CCCN(C(=O)c3ccc4c(c3)CNCC4)CC1C(=O)N2. The predicted molar refractivity (Wildman–Crippen MR) is 129 cm³/mol. The number of nitrogens with two attached hydrogens (primary N) is 1. The van der Waals surface area contributed by atoms with Crippen molar-refractivity contribution in [2.24, 2.45) is 0 Å². The molecule has 1 atom stereocenters. The van der Waals surface area contributed by atoms with Gasteiger partial charge in [0.05, 0.1) is 13.2 Å². The molecular formula is C24H31N7O3. The van der Waals surface area contributed by atoms with Crippen LogP contribution in [0.3, 0.4) is 0 Å². The third-order valence-electron chi connectivity index (χ3n) is 6.67. The summed E-state index contributed by atoms with van der Waals surface area (Å²) in [6, 6.07) is 5.59. The Balaban J connectivity index is 1.38. The second-order valence-electron chi connectivity index (χ2n) is 9.01. The molecule has 4 heterocycles. The molecule has 3 aliphatic heterocycles. The summed E-state index contributed by atoms with van der Waals surface area (Å²) in [4.78, 5) is 38.9. The Hall–Kier alpha value is -3.40. The second-order valence-corrected chi connectivity index (χ2v) is 9.01. The van der Waals surface area contributed by atoms with Crippen molar-refractivity contribution in [1.29, 1.82) is 0 Å². The maximum absolute atomic E-state index is 13.4. The zero-order chi connectivity index (χ0) is 23.7. The number of rotatable bonds is 5. The van der Waals surface area contributed by atoms with Crippen LogP contribution in [0.1, 0.15) is 47.7 Å². The van der Waals surface area contributed by atoms with Crippen LogP contribution in [0.15, 0.2) is 18.2 Å². The van der Waals surface area contributed by atoms with Crippen LogP contribution in [0.5, 0.6) is 6.01 Å². The highest BCUT2D eigenvalue weighted by molar-refractivity contribution is 6.06. The molecule has 0 bridgehead atoms. The zero-order valence-electron chi connectivity index (χ0n) is 19.5. The van der Waals surface area contributed by atoms with Gasteiger partial charge < -0.3 is 30.9 Å². The van der Waals surface area contributed by atoms with E-state index in [1.54, 1.807) is 4.90 Å². The molecule has 180 valence electrons. The van der Waals surface area contributed by atoms with Gasteiger partial charge in [0.25, 0.3) is 5.91 Å². The van der Waals surface area contributed by atoms with E-state index in [4.69, 9.17) is 10.5 Å². The van der Waals surface area contributed by atoms with Gasteiger partial charge in [0.1, 0.15) is 11.7 Å². The molecule has 34 heavy (non-hydrogen) atoms. The normalized spacial score (nSPS) is 19.4. The lowest BCUT2D eigenvalue weighted by molar-refractivity contribution is -0.117. The minimum atomic E-state index is -0.559. The monoisotopic (exact) mass is 465 g/mol. The molecule has 5 rings (SSSR count). The summed E-state index contributed by atoms with van der Waals surface area (Å²) in [5.74, 6) is 0.470. The minimum Gasteiger partial charge on any atom is -0.463 e. The zero-order valence-corrected chi connectivity index (χ0v) is 19.5. The molecule has 1 aromatic heterocycles. The predicted octanol–water partition coefficient (Wildman–Crippen LogP) is 1.56. The lowest BCUT2D eigenvalue weighted by Crippen LogP contribution is -2.53. The van der Waals surface area contributed by atoms with Gasteiger partial charge in [-0.15, -0.1) is 0 Å². The molecule has 1 unspecified atom stereocenters. The van der Waals surface area contributed by atoms with E-state index in [0.29, 0.717) is 43.2 Å². The van der Waals surface area contributed by atoms with Crippen molar-refractivity contribution in [3.63, 3.8) is 0 Å². The highest BCUT2D eigenvalue weighted by Gasteiger charge is 2.39. The molecule has 2 aromatic rings. The molecule has 3 aliphatic rings. The highest BCUT2D eigenvalue weighted by Crippen LogP contribution is 2.36. The summed E-state index contributed by atoms with van der Waals surface area (Å²) in [7, 11) is 0. The van der Waals surface area contributed by atoms with E-state index < -0.39 is 6.04 Å². The van der Waals surface area contributed by atoms with E-state index in [1.165, 1.54) is 11.1 Å². The smallest absolute Gasteiger partial charge is 0.320 e. The van der Waals surface area contributed by atoms with E-state index in [1.807, 2.05) is 17.0 Å². The van der Waals surface area contributed by atoms with Crippen LogP contribution in [-0.2, 0) is 17.8 Å². The summed E-state index contributed by atoms with van der Waals surface area (Å²) >= 11 is 0. The Kier molecular flexibility index (Phi) is 6.23. The van der Waals surface area contributed by atoms with Crippen molar-refractivity contribution < 1.29 is 14.3 Å². The number of nitrogens with one attached hydrogen (secondary N) is 2. The number of ether oxygens (including phenoxy) is 1. The molecule has 10 heteroatoms. The van der Waals surface area contributed by atoms with E-state index in [-0.39, 0.29) is 30.2 Å². The molecular weight excluding hydrogens is 434 g/mol. The first-order valence-corrected chi connectivity index (χ1v) is 12.0. The average molecular weight is 466 g/mol. The van der Waals surface area contributed by atoms with Crippen LogP contribution >= 0.6 is 0 Å². The third kappa shape index (κ3) is 4.25. The summed E-state index contributed by atoms with van der Waals surface area (Å²) in [6.07, 6.45) is 3.56. The van der Waals surface area contributed by atoms with Crippen molar-refractivity contribution in [2.45, 2.75) is 45.2 Å². The van der Waals surface area contributed by atoms with Gasteiger partial charge in [-0.1, -0.05) is 19.4 Å². The fourth-order valence-electron chi connectivity index (χ4n) is 4.80. The summed E-state index contributed by atoms with van der Waals surface area (Å²) in [5, 5.41) is 6.21. The molecule has 1 saturated heterocycles. The number of aromatic nitrogens is 2. The average Bonchev–Trinajstić information content (AvgIpc) is 3.08. The number of hydrogen-bond donors (Lipinski definition) is 3. The first-order chi connectivity index (χ1) is 16.5. The van der Waals surface area contributed by atoms with Crippen LogP contribution < -0.4 is 26.0 Å². The van der Waals surface area contributed by atoms with Crippen molar-refractivity contribution in [3.05, 3.63) is 34.9 Å². The van der Waals surface area contributed by atoms with Crippen molar-refractivity contribution in [1.82, 2.24) is 20.2 Å². The van der Waals surface area contributed by atoms with Gasteiger partial charge in [0.15, 0.2) is 11.6 Å². The number of nitrogens with zero attached hydrogens (tertiary/aromatic N) is 4. The van der Waals surface area contributed by atoms with Crippen LogP contribution in [0.4, 0.5) is 17.3 Å².